The number of hydrogen-bond acceptors (Lipinski definition) is 5. The number of allylic oxidation sites excluding steroid dienone is 1. The SMILES string of the molecule is CCCC/C=C/C(O)C(COP(=O)(O)OCC[N+](C)(C)C)NC(=O)CCCCC. The number of carbonyl (C=O) groups excluding carboxylic acids is 1. The molecule has 0 aliphatic heterocycles. The average molecular weight is 438 g/mol. The van der Waals surface area contributed by atoms with Gasteiger partial charge in [-0.3, -0.25) is 13.8 Å². The van der Waals surface area contributed by atoms with Crippen molar-refractivity contribution < 1.29 is 32.9 Å². The van der Waals surface area contributed by atoms with Crippen LogP contribution in [0.5, 0.6) is 0 Å². The number of hydrogen-bond donors (Lipinski definition) is 3. The van der Waals surface area contributed by atoms with Crippen LogP contribution in [0.25, 0.3) is 0 Å². The monoisotopic (exact) mass is 437 g/mol. The number of nitrogens with one attached hydrogen (secondary N) is 1. The average Bonchev–Trinajstić information content (AvgIpc) is 2.61. The highest BCUT2D eigenvalue weighted by atomic mass is 31.2. The van der Waals surface area contributed by atoms with Gasteiger partial charge in [0.05, 0.1) is 39.9 Å². The zero-order valence-electron chi connectivity index (χ0n) is 18.8. The molecule has 0 aromatic rings. The van der Waals surface area contributed by atoms with Crippen molar-refractivity contribution in [2.75, 3.05) is 40.9 Å². The molecule has 0 saturated carbocycles. The van der Waals surface area contributed by atoms with Gasteiger partial charge >= 0.3 is 7.82 Å². The number of phosphoric ester groups is 1. The number of rotatable bonds is 17. The van der Waals surface area contributed by atoms with Crippen LogP contribution in [0.1, 0.15) is 58.8 Å². The van der Waals surface area contributed by atoms with Gasteiger partial charge in [-0.2, -0.15) is 0 Å². The van der Waals surface area contributed by atoms with Crippen LogP contribution in [0.15, 0.2) is 12.2 Å². The van der Waals surface area contributed by atoms with E-state index < -0.39 is 20.0 Å². The van der Waals surface area contributed by atoms with Gasteiger partial charge in [-0.15, -0.1) is 0 Å². The molecule has 0 heterocycles. The molecular formula is C20H42N2O6P+. The molecule has 0 fully saturated rings. The molecule has 0 radical (unpaired) electrons. The highest BCUT2D eigenvalue weighted by Gasteiger charge is 2.27. The lowest BCUT2D eigenvalue weighted by atomic mass is 10.1. The van der Waals surface area contributed by atoms with E-state index in [1.54, 1.807) is 6.08 Å². The Kier molecular flexibility index (Phi) is 14.7. The number of carbonyl (C=O) groups is 1. The summed E-state index contributed by atoms with van der Waals surface area (Å²) in [4.78, 5) is 22.0. The molecule has 1 amide bonds. The summed E-state index contributed by atoms with van der Waals surface area (Å²) in [5.74, 6) is -0.216. The molecule has 8 nitrogen and oxygen atoms in total. The molecule has 0 bridgehead atoms. The van der Waals surface area contributed by atoms with Crippen LogP contribution in [-0.2, 0) is 18.4 Å². The van der Waals surface area contributed by atoms with Crippen LogP contribution in [-0.4, -0.2) is 73.4 Å². The molecule has 3 N–H and O–H groups in total. The quantitative estimate of drug-likeness (QED) is 0.140. The molecule has 3 unspecified atom stereocenters. The molecule has 0 aromatic carbocycles. The Morgan fingerprint density at radius 3 is 2.38 bits per heavy atom. The van der Waals surface area contributed by atoms with Gasteiger partial charge in [0, 0.05) is 6.42 Å². The van der Waals surface area contributed by atoms with Gasteiger partial charge in [-0.05, 0) is 12.8 Å². The second-order valence-electron chi connectivity index (χ2n) is 8.30. The van der Waals surface area contributed by atoms with Crippen molar-refractivity contribution in [3.05, 3.63) is 12.2 Å². The molecule has 0 aromatic heterocycles. The summed E-state index contributed by atoms with van der Waals surface area (Å²) in [6, 6.07) is -0.829. The predicted molar refractivity (Wildman–Crippen MR) is 115 cm³/mol. The summed E-state index contributed by atoms with van der Waals surface area (Å²) in [6.07, 6.45) is 8.32. The third-order valence-corrected chi connectivity index (χ3v) is 5.24. The van der Waals surface area contributed by atoms with E-state index in [0.717, 1.165) is 38.5 Å². The van der Waals surface area contributed by atoms with E-state index in [0.29, 0.717) is 17.4 Å². The maximum absolute atomic E-state index is 12.1. The number of aliphatic hydroxyl groups excluding tert-OH is 1. The Morgan fingerprint density at radius 1 is 1.14 bits per heavy atom. The topological polar surface area (TPSA) is 105 Å². The lowest BCUT2D eigenvalue weighted by Gasteiger charge is -2.25. The Hall–Kier alpha value is -0.760. The van der Waals surface area contributed by atoms with E-state index in [9.17, 15) is 19.4 Å². The van der Waals surface area contributed by atoms with Crippen LogP contribution in [0.2, 0.25) is 0 Å². The maximum Gasteiger partial charge on any atom is 0.472 e. The molecule has 0 spiro atoms. The van der Waals surface area contributed by atoms with Crippen LogP contribution < -0.4 is 5.32 Å². The maximum atomic E-state index is 12.1. The fraction of sp³-hybridized carbons (Fsp3) is 0.850. The van der Waals surface area contributed by atoms with Crippen molar-refractivity contribution in [1.29, 1.82) is 0 Å². The number of quaternary nitrogens is 1. The standard InChI is InChI=1S/C20H41N2O6P/c1-6-8-10-12-13-19(23)18(21-20(24)14-11-9-7-2)17-28-29(25,26)27-16-15-22(3,4)5/h12-13,18-19,23H,6-11,14-17H2,1-5H3,(H-,21,24,25,26)/p+1/b13-12+. The van der Waals surface area contributed by atoms with E-state index in [2.05, 4.69) is 19.2 Å². The summed E-state index contributed by atoms with van der Waals surface area (Å²) in [5, 5.41) is 13.1. The number of phosphoric acid groups is 1. The minimum Gasteiger partial charge on any atom is -0.387 e. The van der Waals surface area contributed by atoms with Crippen molar-refractivity contribution in [3.63, 3.8) is 0 Å². The molecule has 0 aliphatic carbocycles. The lowest BCUT2D eigenvalue weighted by Crippen LogP contribution is -2.45. The normalized spacial score (nSPS) is 16.5. The third kappa shape index (κ3) is 16.7. The minimum atomic E-state index is -4.27. The number of aliphatic hydroxyl groups is 1. The second kappa shape index (κ2) is 15.1. The zero-order valence-corrected chi connectivity index (χ0v) is 19.7. The largest absolute Gasteiger partial charge is 0.472 e. The Balaban J connectivity index is 4.79. The van der Waals surface area contributed by atoms with E-state index in [-0.39, 0.29) is 19.1 Å². The van der Waals surface area contributed by atoms with Gasteiger partial charge in [0.1, 0.15) is 13.2 Å². The van der Waals surface area contributed by atoms with Crippen molar-refractivity contribution in [2.45, 2.75) is 70.9 Å². The summed E-state index contributed by atoms with van der Waals surface area (Å²) >= 11 is 0. The van der Waals surface area contributed by atoms with E-state index in [1.807, 2.05) is 27.2 Å². The molecule has 0 saturated heterocycles. The van der Waals surface area contributed by atoms with E-state index >= 15 is 0 Å². The van der Waals surface area contributed by atoms with E-state index in [1.165, 1.54) is 0 Å². The first-order valence-corrected chi connectivity index (χ1v) is 12.1. The molecule has 172 valence electrons. The molecule has 9 heteroatoms. The second-order valence-corrected chi connectivity index (χ2v) is 9.76. The van der Waals surface area contributed by atoms with E-state index in [4.69, 9.17) is 9.05 Å². The zero-order chi connectivity index (χ0) is 22.3. The first-order valence-electron chi connectivity index (χ1n) is 10.6. The Labute approximate surface area is 176 Å². The van der Waals surface area contributed by atoms with Gasteiger partial charge in [0.15, 0.2) is 0 Å². The summed E-state index contributed by atoms with van der Waals surface area (Å²) in [5.41, 5.74) is 0. The molecule has 29 heavy (non-hydrogen) atoms. The number of unbranched alkanes of at least 4 members (excludes halogenated alkanes) is 4. The summed E-state index contributed by atoms with van der Waals surface area (Å²) in [6.45, 7) is 4.40. The summed E-state index contributed by atoms with van der Waals surface area (Å²) in [7, 11) is 1.55. The molecule has 0 aliphatic rings. The van der Waals surface area contributed by atoms with Crippen LogP contribution >= 0.6 is 7.82 Å². The van der Waals surface area contributed by atoms with Crippen molar-refractivity contribution >= 4 is 13.7 Å². The molecule has 0 rings (SSSR count). The van der Waals surface area contributed by atoms with Gasteiger partial charge in [-0.25, -0.2) is 4.57 Å². The first kappa shape index (κ1) is 28.2. The van der Waals surface area contributed by atoms with Gasteiger partial charge in [0.2, 0.25) is 5.91 Å². The number of amides is 1. The third-order valence-electron chi connectivity index (χ3n) is 4.26. The van der Waals surface area contributed by atoms with Crippen LogP contribution in [0.4, 0.5) is 0 Å². The number of likely N-dealkylation sites (N-methyl/N-ethyl adjacent to an activating group) is 1. The van der Waals surface area contributed by atoms with Crippen molar-refractivity contribution in [1.82, 2.24) is 5.32 Å². The number of nitrogens with zero attached hydrogens (tertiary/aromatic N) is 1. The van der Waals surface area contributed by atoms with Gasteiger partial charge in [-0.1, -0.05) is 51.7 Å². The lowest BCUT2D eigenvalue weighted by molar-refractivity contribution is -0.870. The highest BCUT2D eigenvalue weighted by Crippen LogP contribution is 2.43. The van der Waals surface area contributed by atoms with Crippen molar-refractivity contribution in [3.8, 4) is 0 Å². The fourth-order valence-electron chi connectivity index (χ4n) is 2.37. The fourth-order valence-corrected chi connectivity index (χ4v) is 3.11. The first-order chi connectivity index (χ1) is 13.5. The Morgan fingerprint density at radius 2 is 1.79 bits per heavy atom. The highest BCUT2D eigenvalue weighted by molar-refractivity contribution is 7.47. The molecule has 3 atom stereocenters. The molecular weight excluding hydrogens is 395 g/mol. The van der Waals surface area contributed by atoms with Crippen LogP contribution in [0.3, 0.4) is 0 Å². The van der Waals surface area contributed by atoms with Crippen LogP contribution in [0, 0.1) is 0 Å². The summed E-state index contributed by atoms with van der Waals surface area (Å²) < 4.78 is 22.7. The predicted octanol–water partition coefficient (Wildman–Crippen LogP) is 3.00. The minimum absolute atomic E-state index is 0.0603. The van der Waals surface area contributed by atoms with Gasteiger partial charge < -0.3 is 19.8 Å². The smallest absolute Gasteiger partial charge is 0.387 e. The van der Waals surface area contributed by atoms with Crippen molar-refractivity contribution in [2.24, 2.45) is 0 Å². The Bertz CT molecular complexity index is 522. The van der Waals surface area contributed by atoms with Gasteiger partial charge in [0.25, 0.3) is 0 Å².